The van der Waals surface area contributed by atoms with Crippen molar-refractivity contribution in [2.75, 3.05) is 4.90 Å². The molecule has 1 heterocycles. The largest absolute Gasteiger partial charge is 0.310 e. The lowest BCUT2D eigenvalue weighted by atomic mass is 9.97. The van der Waals surface area contributed by atoms with Crippen LogP contribution in [0.2, 0.25) is 0 Å². The number of nitrogens with zero attached hydrogens (tertiary/aromatic N) is 2. The normalized spacial score (nSPS) is 11.3. The maximum absolute atomic E-state index is 2.44. The zero-order chi connectivity index (χ0) is 39.8. The maximum atomic E-state index is 2.44. The van der Waals surface area contributed by atoms with Gasteiger partial charge in [-0.3, -0.25) is 0 Å². The monoisotopic (exact) mass is 764 g/mol. The van der Waals surface area contributed by atoms with Crippen molar-refractivity contribution in [1.29, 1.82) is 0 Å². The van der Waals surface area contributed by atoms with Crippen molar-refractivity contribution in [2.24, 2.45) is 0 Å². The van der Waals surface area contributed by atoms with E-state index in [1.807, 2.05) is 0 Å². The fourth-order valence-electron chi connectivity index (χ4n) is 8.98. The van der Waals surface area contributed by atoms with Crippen molar-refractivity contribution in [2.45, 2.75) is 0 Å². The van der Waals surface area contributed by atoms with Gasteiger partial charge in [0, 0.05) is 33.1 Å². The van der Waals surface area contributed by atoms with Gasteiger partial charge in [0.1, 0.15) is 0 Å². The van der Waals surface area contributed by atoms with Crippen molar-refractivity contribution < 1.29 is 0 Å². The molecule has 0 fully saturated rings. The van der Waals surface area contributed by atoms with Crippen LogP contribution in [-0.2, 0) is 0 Å². The first kappa shape index (κ1) is 35.2. The number of anilines is 3. The van der Waals surface area contributed by atoms with Gasteiger partial charge in [-0.05, 0) is 92.9 Å². The molecule has 0 amide bonds. The number of rotatable bonds is 8. The predicted molar refractivity (Wildman–Crippen MR) is 255 cm³/mol. The third kappa shape index (κ3) is 6.23. The highest BCUT2D eigenvalue weighted by atomic mass is 15.1. The smallest absolute Gasteiger partial charge is 0.0547 e. The van der Waals surface area contributed by atoms with E-state index >= 15 is 0 Å². The molecule has 0 aliphatic rings. The average Bonchev–Trinajstić information content (AvgIpc) is 3.67. The first-order valence-corrected chi connectivity index (χ1v) is 20.6. The van der Waals surface area contributed by atoms with Crippen LogP contribution >= 0.6 is 0 Å². The van der Waals surface area contributed by atoms with Crippen LogP contribution in [0.3, 0.4) is 0 Å². The molecule has 60 heavy (non-hydrogen) atoms. The van der Waals surface area contributed by atoms with E-state index in [4.69, 9.17) is 0 Å². The fourth-order valence-corrected chi connectivity index (χ4v) is 8.98. The van der Waals surface area contributed by atoms with Crippen molar-refractivity contribution in [3.8, 4) is 50.2 Å². The van der Waals surface area contributed by atoms with Crippen LogP contribution in [0.4, 0.5) is 17.1 Å². The first-order chi connectivity index (χ1) is 29.8. The molecule has 0 aliphatic carbocycles. The summed E-state index contributed by atoms with van der Waals surface area (Å²) >= 11 is 0. The minimum Gasteiger partial charge on any atom is -0.310 e. The van der Waals surface area contributed by atoms with E-state index in [1.54, 1.807) is 0 Å². The van der Waals surface area contributed by atoms with E-state index in [0.29, 0.717) is 0 Å². The lowest BCUT2D eigenvalue weighted by Gasteiger charge is -2.28. The first-order valence-electron chi connectivity index (χ1n) is 20.6. The Hall–Kier alpha value is -7.94. The topological polar surface area (TPSA) is 8.17 Å². The van der Waals surface area contributed by atoms with Gasteiger partial charge in [-0.15, -0.1) is 0 Å². The minimum atomic E-state index is 1.09. The summed E-state index contributed by atoms with van der Waals surface area (Å²) in [5.74, 6) is 0. The van der Waals surface area contributed by atoms with Crippen molar-refractivity contribution >= 4 is 49.6 Å². The molecule has 0 unspecified atom stereocenters. The summed E-state index contributed by atoms with van der Waals surface area (Å²) in [6, 6.07) is 87.8. The number of hydrogen-bond donors (Lipinski definition) is 0. The molecule has 0 atom stereocenters. The van der Waals surface area contributed by atoms with Gasteiger partial charge < -0.3 is 9.47 Å². The second-order valence-electron chi connectivity index (χ2n) is 15.3. The Kier molecular flexibility index (Phi) is 8.87. The van der Waals surface area contributed by atoms with E-state index in [2.05, 4.69) is 252 Å². The number of hydrogen-bond acceptors (Lipinski definition) is 1. The van der Waals surface area contributed by atoms with Gasteiger partial charge in [0.05, 0.1) is 22.4 Å². The predicted octanol–water partition coefficient (Wildman–Crippen LogP) is 16.1. The molecule has 2 nitrogen and oxygen atoms in total. The van der Waals surface area contributed by atoms with Gasteiger partial charge in [-0.2, -0.15) is 0 Å². The zero-order valence-corrected chi connectivity index (χ0v) is 33.0. The summed E-state index contributed by atoms with van der Waals surface area (Å²) in [7, 11) is 0. The number of fused-ring (bicyclic) bond motifs is 4. The van der Waals surface area contributed by atoms with E-state index in [-0.39, 0.29) is 0 Å². The molecule has 1 aromatic heterocycles. The van der Waals surface area contributed by atoms with Gasteiger partial charge in [0.25, 0.3) is 0 Å². The second kappa shape index (κ2) is 15.1. The molecule has 11 rings (SSSR count). The van der Waals surface area contributed by atoms with Crippen LogP contribution in [0.25, 0.3) is 82.8 Å². The van der Waals surface area contributed by atoms with E-state index in [1.165, 1.54) is 77.2 Å². The van der Waals surface area contributed by atoms with Gasteiger partial charge in [0.2, 0.25) is 0 Å². The molecule has 0 saturated carbocycles. The summed E-state index contributed by atoms with van der Waals surface area (Å²) in [5.41, 5.74) is 16.4. The Labute approximate surface area is 350 Å². The van der Waals surface area contributed by atoms with Crippen LogP contribution in [0, 0.1) is 0 Å². The third-order valence-electron chi connectivity index (χ3n) is 11.8. The Morgan fingerprint density at radius 2 is 0.817 bits per heavy atom. The summed E-state index contributed by atoms with van der Waals surface area (Å²) in [6.07, 6.45) is 0. The van der Waals surface area contributed by atoms with Crippen LogP contribution in [0.15, 0.2) is 243 Å². The highest BCUT2D eigenvalue weighted by molar-refractivity contribution is 6.16. The number of para-hydroxylation sites is 2. The van der Waals surface area contributed by atoms with Gasteiger partial charge in [-0.1, -0.05) is 194 Å². The molecule has 0 bridgehead atoms. The van der Waals surface area contributed by atoms with Gasteiger partial charge in [0.15, 0.2) is 0 Å². The second-order valence-corrected chi connectivity index (χ2v) is 15.3. The highest BCUT2D eigenvalue weighted by Gasteiger charge is 2.21. The standard InChI is InChI=1S/C58H40N2/c1-3-16-41(17-4-1)42-32-34-43(35-33-42)44-36-38-48(39-37-44)59(54-28-11-9-25-50(54)45-18-5-2-6-19-45)49-23-13-22-47(40-49)52-27-15-31-57-58(52)53-26-10-12-29-56(53)60(57)55-30-14-21-46-20-7-8-24-51(46)55/h1-40H. The quantitative estimate of drug-likeness (QED) is 0.150. The summed E-state index contributed by atoms with van der Waals surface area (Å²) < 4.78 is 2.44. The Bertz CT molecular complexity index is 3280. The van der Waals surface area contributed by atoms with E-state index in [9.17, 15) is 0 Å². The molecular formula is C58H40N2. The molecule has 0 aliphatic heterocycles. The van der Waals surface area contributed by atoms with E-state index < -0.39 is 0 Å². The van der Waals surface area contributed by atoms with Gasteiger partial charge >= 0.3 is 0 Å². The molecule has 0 saturated heterocycles. The SMILES string of the molecule is c1ccc(-c2ccc(-c3ccc(N(c4cccc(-c5cccc6c5c5ccccc5n6-c5cccc6ccccc56)c4)c4ccccc4-c4ccccc4)cc3)cc2)cc1. The molecule has 282 valence electrons. The summed E-state index contributed by atoms with van der Waals surface area (Å²) in [6.45, 7) is 0. The molecule has 11 aromatic rings. The fraction of sp³-hybridized carbons (Fsp3) is 0. The van der Waals surface area contributed by atoms with E-state index in [0.717, 1.165) is 22.6 Å². The van der Waals surface area contributed by atoms with Crippen molar-refractivity contribution in [3.63, 3.8) is 0 Å². The van der Waals surface area contributed by atoms with Crippen molar-refractivity contribution in [3.05, 3.63) is 243 Å². The molecule has 2 heteroatoms. The Morgan fingerprint density at radius 1 is 0.300 bits per heavy atom. The third-order valence-corrected chi connectivity index (χ3v) is 11.8. The Morgan fingerprint density at radius 3 is 1.58 bits per heavy atom. The average molecular weight is 765 g/mol. The zero-order valence-electron chi connectivity index (χ0n) is 33.0. The Balaban J connectivity index is 1.06. The van der Waals surface area contributed by atoms with Crippen LogP contribution in [0.1, 0.15) is 0 Å². The molecule has 0 spiro atoms. The summed E-state index contributed by atoms with van der Waals surface area (Å²) in [5, 5.41) is 4.95. The molecule has 0 radical (unpaired) electrons. The lowest BCUT2D eigenvalue weighted by molar-refractivity contribution is 1.20. The molecule has 10 aromatic carbocycles. The van der Waals surface area contributed by atoms with Crippen LogP contribution in [0.5, 0.6) is 0 Å². The molecule has 0 N–H and O–H groups in total. The lowest BCUT2D eigenvalue weighted by Crippen LogP contribution is -2.11. The number of aromatic nitrogens is 1. The van der Waals surface area contributed by atoms with Crippen LogP contribution < -0.4 is 4.90 Å². The summed E-state index contributed by atoms with van der Waals surface area (Å²) in [4.78, 5) is 2.41. The highest BCUT2D eigenvalue weighted by Crippen LogP contribution is 2.44. The van der Waals surface area contributed by atoms with Gasteiger partial charge in [-0.25, -0.2) is 0 Å². The van der Waals surface area contributed by atoms with Crippen molar-refractivity contribution in [1.82, 2.24) is 4.57 Å². The minimum absolute atomic E-state index is 1.09. The maximum Gasteiger partial charge on any atom is 0.0547 e. The molecular weight excluding hydrogens is 725 g/mol. The number of benzene rings is 10. The van der Waals surface area contributed by atoms with Crippen LogP contribution in [-0.4, -0.2) is 4.57 Å².